The summed E-state index contributed by atoms with van der Waals surface area (Å²) in [7, 11) is 1.64. The van der Waals surface area contributed by atoms with Crippen LogP contribution < -0.4 is 4.74 Å². The number of hydrogen-bond acceptors (Lipinski definition) is 3. The summed E-state index contributed by atoms with van der Waals surface area (Å²) in [5, 5.41) is 0. The predicted molar refractivity (Wildman–Crippen MR) is 85.6 cm³/mol. The number of likely N-dealkylation sites (tertiary alicyclic amines) is 1. The van der Waals surface area contributed by atoms with E-state index >= 15 is 0 Å². The minimum atomic E-state index is -0.468. The number of halogens is 1. The molecule has 0 saturated carbocycles. The molecule has 0 bridgehead atoms. The van der Waals surface area contributed by atoms with E-state index in [1.165, 1.54) is 0 Å². The van der Waals surface area contributed by atoms with Gasteiger partial charge < -0.3 is 14.4 Å². The predicted octanol–water partition coefficient (Wildman–Crippen LogP) is 4.53. The number of methoxy groups -OCH3 is 1. The van der Waals surface area contributed by atoms with E-state index < -0.39 is 5.60 Å². The third kappa shape index (κ3) is 3.90. The zero-order valence-corrected chi connectivity index (χ0v) is 14.6. The molecule has 1 aliphatic rings. The molecule has 0 spiro atoms. The molecule has 1 aliphatic heterocycles. The number of ether oxygens (including phenoxy) is 2. The van der Waals surface area contributed by atoms with Crippen molar-refractivity contribution in [2.45, 2.75) is 45.3 Å². The van der Waals surface area contributed by atoms with E-state index in [1.54, 1.807) is 7.11 Å². The summed E-state index contributed by atoms with van der Waals surface area (Å²) in [4.78, 5) is 14.1. The number of carbonyl (C=O) groups is 1. The maximum Gasteiger partial charge on any atom is 0.410 e. The van der Waals surface area contributed by atoms with Gasteiger partial charge >= 0.3 is 6.09 Å². The van der Waals surface area contributed by atoms with Gasteiger partial charge in [0.25, 0.3) is 0 Å². The van der Waals surface area contributed by atoms with Crippen LogP contribution in [0.25, 0.3) is 0 Å². The standard InChI is InChI=1S/C16H22BrNO3/c1-16(2,3)21-15(19)18-9-5-6-13(18)11-7-8-14(20-4)12(17)10-11/h7-8,10,13H,5-6,9H2,1-4H3/t13-/m1/s1. The second-order valence-electron chi connectivity index (χ2n) is 6.23. The van der Waals surface area contributed by atoms with Crippen molar-refractivity contribution in [2.24, 2.45) is 0 Å². The molecule has 1 amide bonds. The Hall–Kier alpha value is -1.23. The highest BCUT2D eigenvalue weighted by molar-refractivity contribution is 9.10. The number of amides is 1. The molecule has 0 unspecified atom stereocenters. The lowest BCUT2D eigenvalue weighted by molar-refractivity contribution is 0.0224. The fraction of sp³-hybridized carbons (Fsp3) is 0.562. The van der Waals surface area contributed by atoms with Crippen LogP contribution in [0.3, 0.4) is 0 Å². The van der Waals surface area contributed by atoms with Gasteiger partial charge in [0.1, 0.15) is 11.4 Å². The van der Waals surface area contributed by atoms with Crippen molar-refractivity contribution < 1.29 is 14.3 Å². The number of carbonyl (C=O) groups excluding carboxylic acids is 1. The van der Waals surface area contributed by atoms with Crippen molar-refractivity contribution in [1.29, 1.82) is 0 Å². The van der Waals surface area contributed by atoms with Gasteiger partial charge in [-0.15, -0.1) is 0 Å². The van der Waals surface area contributed by atoms with Gasteiger partial charge in [-0.05, 0) is 67.2 Å². The Morgan fingerprint density at radius 2 is 2.10 bits per heavy atom. The first kappa shape index (κ1) is 16.1. The average molecular weight is 356 g/mol. The van der Waals surface area contributed by atoms with Crippen molar-refractivity contribution in [3.05, 3.63) is 28.2 Å². The van der Waals surface area contributed by atoms with Crippen LogP contribution in [0.1, 0.15) is 45.2 Å². The monoisotopic (exact) mass is 355 g/mol. The molecule has 4 nitrogen and oxygen atoms in total. The first-order valence-corrected chi connectivity index (χ1v) is 7.94. The Bertz CT molecular complexity index is 525. The van der Waals surface area contributed by atoms with Gasteiger partial charge in [-0.3, -0.25) is 0 Å². The summed E-state index contributed by atoms with van der Waals surface area (Å²) in [5.74, 6) is 0.792. The number of hydrogen-bond donors (Lipinski definition) is 0. The van der Waals surface area contributed by atoms with Gasteiger partial charge in [0.2, 0.25) is 0 Å². The maximum absolute atomic E-state index is 12.3. The normalized spacial score (nSPS) is 18.7. The Morgan fingerprint density at radius 3 is 2.67 bits per heavy atom. The van der Waals surface area contributed by atoms with E-state index in [-0.39, 0.29) is 12.1 Å². The molecular formula is C16H22BrNO3. The van der Waals surface area contributed by atoms with Crippen LogP contribution in [-0.4, -0.2) is 30.2 Å². The van der Waals surface area contributed by atoms with Crippen molar-refractivity contribution >= 4 is 22.0 Å². The molecule has 0 radical (unpaired) electrons. The maximum atomic E-state index is 12.3. The van der Waals surface area contributed by atoms with Crippen LogP contribution in [0.5, 0.6) is 5.75 Å². The average Bonchev–Trinajstić information content (AvgIpc) is 2.85. The molecule has 1 fully saturated rings. The van der Waals surface area contributed by atoms with Crippen molar-refractivity contribution in [1.82, 2.24) is 4.90 Å². The summed E-state index contributed by atoms with van der Waals surface area (Å²) in [6.07, 6.45) is 1.71. The molecule has 5 heteroatoms. The summed E-state index contributed by atoms with van der Waals surface area (Å²) in [5.41, 5.74) is 0.635. The summed E-state index contributed by atoms with van der Waals surface area (Å²) in [6, 6.07) is 6.02. The molecule has 1 aromatic rings. The van der Waals surface area contributed by atoms with Gasteiger partial charge in [0, 0.05) is 6.54 Å². The van der Waals surface area contributed by atoms with Crippen LogP contribution >= 0.6 is 15.9 Å². The molecule has 2 rings (SSSR count). The minimum absolute atomic E-state index is 0.0713. The molecule has 1 aromatic carbocycles. The lowest BCUT2D eigenvalue weighted by Crippen LogP contribution is -2.36. The largest absolute Gasteiger partial charge is 0.496 e. The van der Waals surface area contributed by atoms with Gasteiger partial charge in [0.05, 0.1) is 17.6 Å². The van der Waals surface area contributed by atoms with E-state index in [0.29, 0.717) is 0 Å². The van der Waals surface area contributed by atoms with E-state index in [0.717, 1.165) is 35.2 Å². The molecule has 1 heterocycles. The molecule has 0 aromatic heterocycles. The van der Waals surface area contributed by atoms with Crippen LogP contribution in [0, 0.1) is 0 Å². The zero-order valence-electron chi connectivity index (χ0n) is 13.0. The lowest BCUT2D eigenvalue weighted by Gasteiger charge is -2.29. The Kier molecular flexibility index (Phi) is 4.81. The van der Waals surface area contributed by atoms with Gasteiger partial charge in [-0.2, -0.15) is 0 Å². The summed E-state index contributed by atoms with van der Waals surface area (Å²) >= 11 is 3.50. The Labute approximate surface area is 134 Å². The summed E-state index contributed by atoms with van der Waals surface area (Å²) in [6.45, 7) is 6.41. The highest BCUT2D eigenvalue weighted by atomic mass is 79.9. The second-order valence-corrected chi connectivity index (χ2v) is 7.08. The molecule has 0 aliphatic carbocycles. The fourth-order valence-corrected chi connectivity index (χ4v) is 3.10. The second kappa shape index (κ2) is 6.26. The molecule has 1 saturated heterocycles. The van der Waals surface area contributed by atoms with E-state index in [9.17, 15) is 4.79 Å². The molecule has 21 heavy (non-hydrogen) atoms. The third-order valence-corrected chi connectivity index (χ3v) is 4.06. The summed E-state index contributed by atoms with van der Waals surface area (Å²) < 4.78 is 11.7. The SMILES string of the molecule is COc1ccc([C@H]2CCCN2C(=O)OC(C)(C)C)cc1Br. The highest BCUT2D eigenvalue weighted by Gasteiger charge is 2.33. The minimum Gasteiger partial charge on any atom is -0.496 e. The van der Waals surface area contributed by atoms with Crippen LogP contribution in [0.2, 0.25) is 0 Å². The van der Waals surface area contributed by atoms with Crippen LogP contribution in [-0.2, 0) is 4.74 Å². The van der Waals surface area contributed by atoms with Gasteiger partial charge in [0.15, 0.2) is 0 Å². The van der Waals surface area contributed by atoms with Crippen molar-refractivity contribution in [3.63, 3.8) is 0 Å². The fourth-order valence-electron chi connectivity index (χ4n) is 2.54. The molecule has 0 N–H and O–H groups in total. The number of benzene rings is 1. The van der Waals surface area contributed by atoms with E-state index in [2.05, 4.69) is 15.9 Å². The third-order valence-electron chi connectivity index (χ3n) is 3.44. The zero-order chi connectivity index (χ0) is 15.6. The van der Waals surface area contributed by atoms with Crippen molar-refractivity contribution in [3.8, 4) is 5.75 Å². The smallest absolute Gasteiger partial charge is 0.410 e. The van der Waals surface area contributed by atoms with Gasteiger partial charge in [-0.1, -0.05) is 6.07 Å². The molecule has 1 atom stereocenters. The molecule has 116 valence electrons. The first-order valence-electron chi connectivity index (χ1n) is 7.15. The van der Waals surface area contributed by atoms with Gasteiger partial charge in [-0.25, -0.2) is 4.79 Å². The molecular weight excluding hydrogens is 334 g/mol. The van der Waals surface area contributed by atoms with E-state index in [4.69, 9.17) is 9.47 Å². The quantitative estimate of drug-likeness (QED) is 0.782. The topological polar surface area (TPSA) is 38.8 Å². The van der Waals surface area contributed by atoms with Crippen molar-refractivity contribution in [2.75, 3.05) is 13.7 Å². The van der Waals surface area contributed by atoms with Crippen LogP contribution in [0.4, 0.5) is 4.79 Å². The lowest BCUT2D eigenvalue weighted by atomic mass is 10.0. The van der Waals surface area contributed by atoms with Crippen LogP contribution in [0.15, 0.2) is 22.7 Å². The Morgan fingerprint density at radius 1 is 1.38 bits per heavy atom. The Balaban J connectivity index is 2.18. The number of nitrogens with zero attached hydrogens (tertiary/aromatic N) is 1. The van der Waals surface area contributed by atoms with E-state index in [1.807, 2.05) is 43.9 Å². The first-order chi connectivity index (χ1) is 9.81. The highest BCUT2D eigenvalue weighted by Crippen LogP contribution is 2.36. The number of rotatable bonds is 2.